The molecule has 4 heteroatoms. The Labute approximate surface area is 91.1 Å². The highest BCUT2D eigenvalue weighted by atomic mass is 16.5. The summed E-state index contributed by atoms with van der Waals surface area (Å²) in [6.45, 7) is 6.71. The Balaban J connectivity index is 1.98. The number of anilines is 1. The third-order valence-corrected chi connectivity index (χ3v) is 1.96. The molecule has 0 aromatic carbocycles. The van der Waals surface area contributed by atoms with Crippen LogP contribution in [-0.4, -0.2) is 30.0 Å². The summed E-state index contributed by atoms with van der Waals surface area (Å²) in [4.78, 5) is 0. The summed E-state index contributed by atoms with van der Waals surface area (Å²) in [6.07, 6.45) is 2.77. The largest absolute Gasteiger partial charge is 0.380 e. The van der Waals surface area contributed by atoms with Gasteiger partial charge < -0.3 is 10.1 Å². The fourth-order valence-corrected chi connectivity index (χ4v) is 1.07. The summed E-state index contributed by atoms with van der Waals surface area (Å²) >= 11 is 0. The summed E-state index contributed by atoms with van der Waals surface area (Å²) in [5.41, 5.74) is 0. The van der Waals surface area contributed by atoms with Crippen molar-refractivity contribution < 1.29 is 4.74 Å². The minimum atomic E-state index is 0.706. The molecule has 1 rings (SSSR count). The van der Waals surface area contributed by atoms with Crippen molar-refractivity contribution in [2.24, 2.45) is 5.92 Å². The molecule has 0 saturated carbocycles. The first-order chi connectivity index (χ1) is 7.29. The number of nitrogens with one attached hydrogen (secondary N) is 1. The Morgan fingerprint density at radius 2 is 2.27 bits per heavy atom. The Morgan fingerprint density at radius 1 is 1.40 bits per heavy atom. The molecule has 0 fully saturated rings. The summed E-state index contributed by atoms with van der Waals surface area (Å²) in [5.74, 6) is 1.50. The van der Waals surface area contributed by atoms with E-state index in [4.69, 9.17) is 4.74 Å². The minimum absolute atomic E-state index is 0.706. The van der Waals surface area contributed by atoms with Gasteiger partial charge in [0.2, 0.25) is 0 Å². The van der Waals surface area contributed by atoms with Gasteiger partial charge in [-0.05, 0) is 24.5 Å². The highest BCUT2D eigenvalue weighted by Crippen LogP contribution is 1.99. The lowest BCUT2D eigenvalue weighted by atomic mass is 10.1. The molecule has 0 aliphatic heterocycles. The lowest BCUT2D eigenvalue weighted by Crippen LogP contribution is -2.11. The van der Waals surface area contributed by atoms with Crippen molar-refractivity contribution in [1.29, 1.82) is 0 Å². The van der Waals surface area contributed by atoms with E-state index in [1.807, 2.05) is 12.1 Å². The van der Waals surface area contributed by atoms with Gasteiger partial charge in [-0.2, -0.15) is 5.10 Å². The molecule has 0 aliphatic carbocycles. The monoisotopic (exact) mass is 209 g/mol. The Hall–Kier alpha value is -1.16. The molecular formula is C11H19N3O. The van der Waals surface area contributed by atoms with Gasteiger partial charge in [0.25, 0.3) is 0 Å². The van der Waals surface area contributed by atoms with Gasteiger partial charge in [-0.1, -0.05) is 13.8 Å². The smallest absolute Gasteiger partial charge is 0.148 e. The standard InChI is InChI=1S/C11H19N3O/c1-10(2)5-8-15-9-7-12-11-4-3-6-13-14-11/h3-4,6,10H,5,7-9H2,1-2H3,(H,12,14). The van der Waals surface area contributed by atoms with Crippen LogP contribution in [0.5, 0.6) is 0 Å². The zero-order valence-corrected chi connectivity index (χ0v) is 9.44. The van der Waals surface area contributed by atoms with Crippen molar-refractivity contribution in [2.45, 2.75) is 20.3 Å². The maximum Gasteiger partial charge on any atom is 0.148 e. The first-order valence-corrected chi connectivity index (χ1v) is 5.38. The average molecular weight is 209 g/mol. The Bertz CT molecular complexity index is 251. The van der Waals surface area contributed by atoms with Gasteiger partial charge in [-0.15, -0.1) is 5.10 Å². The van der Waals surface area contributed by atoms with E-state index in [0.29, 0.717) is 12.5 Å². The molecule has 4 nitrogen and oxygen atoms in total. The molecular weight excluding hydrogens is 190 g/mol. The van der Waals surface area contributed by atoms with Crippen LogP contribution in [0.15, 0.2) is 18.3 Å². The fourth-order valence-electron chi connectivity index (χ4n) is 1.07. The third-order valence-electron chi connectivity index (χ3n) is 1.96. The van der Waals surface area contributed by atoms with Gasteiger partial charge in [-0.25, -0.2) is 0 Å². The molecule has 84 valence electrons. The van der Waals surface area contributed by atoms with Crippen molar-refractivity contribution >= 4 is 5.82 Å². The molecule has 0 spiro atoms. The SMILES string of the molecule is CC(C)CCOCCNc1cccnn1. The second-order valence-electron chi connectivity index (χ2n) is 3.83. The zero-order chi connectivity index (χ0) is 10.9. The Kier molecular flexibility index (Phi) is 5.70. The average Bonchev–Trinajstić information content (AvgIpc) is 2.24. The minimum Gasteiger partial charge on any atom is -0.380 e. The van der Waals surface area contributed by atoms with E-state index in [-0.39, 0.29) is 0 Å². The number of hydrogen-bond donors (Lipinski definition) is 1. The van der Waals surface area contributed by atoms with E-state index < -0.39 is 0 Å². The van der Waals surface area contributed by atoms with Crippen molar-refractivity contribution in [3.63, 3.8) is 0 Å². The van der Waals surface area contributed by atoms with Crippen molar-refractivity contribution in [3.05, 3.63) is 18.3 Å². The molecule has 0 bridgehead atoms. The fraction of sp³-hybridized carbons (Fsp3) is 0.636. The van der Waals surface area contributed by atoms with Gasteiger partial charge in [0.1, 0.15) is 5.82 Å². The van der Waals surface area contributed by atoms with Crippen LogP contribution in [0.2, 0.25) is 0 Å². The molecule has 1 aromatic rings. The highest BCUT2D eigenvalue weighted by Gasteiger charge is 1.94. The summed E-state index contributed by atoms with van der Waals surface area (Å²) < 4.78 is 5.46. The topological polar surface area (TPSA) is 47.0 Å². The van der Waals surface area contributed by atoms with E-state index in [0.717, 1.165) is 25.4 Å². The van der Waals surface area contributed by atoms with Crippen LogP contribution in [0.1, 0.15) is 20.3 Å². The van der Waals surface area contributed by atoms with Gasteiger partial charge in [0.15, 0.2) is 0 Å². The molecule has 0 aliphatic rings. The predicted octanol–water partition coefficient (Wildman–Crippen LogP) is 1.95. The quantitative estimate of drug-likeness (QED) is 0.697. The van der Waals surface area contributed by atoms with Crippen molar-refractivity contribution in [2.75, 3.05) is 25.1 Å². The predicted molar refractivity (Wildman–Crippen MR) is 60.8 cm³/mol. The summed E-state index contributed by atoms with van der Waals surface area (Å²) in [6, 6.07) is 3.75. The molecule has 1 N–H and O–H groups in total. The van der Waals surface area contributed by atoms with Gasteiger partial charge in [0, 0.05) is 19.3 Å². The van der Waals surface area contributed by atoms with Crippen LogP contribution in [0.25, 0.3) is 0 Å². The van der Waals surface area contributed by atoms with E-state index in [1.165, 1.54) is 0 Å². The number of hydrogen-bond acceptors (Lipinski definition) is 4. The molecule has 0 atom stereocenters. The second-order valence-corrected chi connectivity index (χ2v) is 3.83. The van der Waals surface area contributed by atoms with Crippen LogP contribution in [0.4, 0.5) is 5.82 Å². The normalized spacial score (nSPS) is 10.6. The number of nitrogens with zero attached hydrogens (tertiary/aromatic N) is 2. The van der Waals surface area contributed by atoms with Crippen LogP contribution in [0.3, 0.4) is 0 Å². The van der Waals surface area contributed by atoms with E-state index in [1.54, 1.807) is 6.20 Å². The van der Waals surface area contributed by atoms with E-state index in [2.05, 4.69) is 29.4 Å². The first-order valence-electron chi connectivity index (χ1n) is 5.38. The maximum atomic E-state index is 5.46. The molecule has 0 amide bonds. The van der Waals surface area contributed by atoms with Gasteiger partial charge in [0.05, 0.1) is 6.61 Å². The second kappa shape index (κ2) is 7.17. The van der Waals surface area contributed by atoms with Gasteiger partial charge in [-0.3, -0.25) is 0 Å². The molecule has 1 aromatic heterocycles. The highest BCUT2D eigenvalue weighted by molar-refractivity contribution is 5.30. The zero-order valence-electron chi connectivity index (χ0n) is 9.44. The number of ether oxygens (including phenoxy) is 1. The summed E-state index contributed by atoms with van der Waals surface area (Å²) in [5, 5.41) is 10.8. The molecule has 0 radical (unpaired) electrons. The van der Waals surface area contributed by atoms with Crippen LogP contribution in [0, 0.1) is 5.92 Å². The molecule has 0 saturated heterocycles. The maximum absolute atomic E-state index is 5.46. The third kappa shape index (κ3) is 6.01. The lowest BCUT2D eigenvalue weighted by molar-refractivity contribution is 0.132. The molecule has 1 heterocycles. The Morgan fingerprint density at radius 3 is 2.93 bits per heavy atom. The number of rotatable bonds is 7. The molecule has 15 heavy (non-hydrogen) atoms. The van der Waals surface area contributed by atoms with E-state index >= 15 is 0 Å². The lowest BCUT2D eigenvalue weighted by Gasteiger charge is -2.07. The van der Waals surface area contributed by atoms with Gasteiger partial charge >= 0.3 is 0 Å². The number of aromatic nitrogens is 2. The summed E-state index contributed by atoms with van der Waals surface area (Å²) in [7, 11) is 0. The van der Waals surface area contributed by atoms with E-state index in [9.17, 15) is 0 Å². The van der Waals surface area contributed by atoms with Crippen molar-refractivity contribution in [1.82, 2.24) is 10.2 Å². The first kappa shape index (κ1) is 11.9. The van der Waals surface area contributed by atoms with Crippen LogP contribution >= 0.6 is 0 Å². The molecule has 0 unspecified atom stereocenters. The van der Waals surface area contributed by atoms with Crippen LogP contribution in [-0.2, 0) is 4.74 Å². The van der Waals surface area contributed by atoms with Crippen molar-refractivity contribution in [3.8, 4) is 0 Å². The van der Waals surface area contributed by atoms with Crippen LogP contribution < -0.4 is 5.32 Å².